The van der Waals surface area contributed by atoms with Gasteiger partial charge in [-0.15, -0.1) is 0 Å². The van der Waals surface area contributed by atoms with Gasteiger partial charge in [-0.05, 0) is 31.4 Å². The Morgan fingerprint density at radius 3 is 2.24 bits per heavy atom. The van der Waals surface area contributed by atoms with E-state index in [4.69, 9.17) is 4.74 Å². The largest absolute Gasteiger partial charge is 0.494 e. The Bertz CT molecular complexity index is 287. The molecule has 0 aliphatic heterocycles. The summed E-state index contributed by atoms with van der Waals surface area (Å²) >= 11 is 0. The molecule has 1 aromatic carbocycles. The summed E-state index contributed by atoms with van der Waals surface area (Å²) in [4.78, 5) is 0. The second-order valence-corrected chi connectivity index (χ2v) is 5.26. The second-order valence-electron chi connectivity index (χ2n) is 5.26. The van der Waals surface area contributed by atoms with Crippen LogP contribution in [0.25, 0.3) is 0 Å². The molecule has 1 nitrogen and oxygen atoms in total. The lowest BCUT2D eigenvalue weighted by Gasteiger charge is -2.07. The number of hydrogen-bond acceptors (Lipinski definition) is 1. The molecule has 96 valence electrons. The summed E-state index contributed by atoms with van der Waals surface area (Å²) in [6.45, 7) is 7.53. The van der Waals surface area contributed by atoms with Crippen molar-refractivity contribution in [3.05, 3.63) is 29.8 Å². The van der Waals surface area contributed by atoms with Crippen LogP contribution in [0, 0.1) is 12.8 Å². The van der Waals surface area contributed by atoms with E-state index in [9.17, 15) is 0 Å². The first-order valence-electron chi connectivity index (χ1n) is 6.88. The predicted octanol–water partition coefficient (Wildman–Crippen LogP) is 4.98. The van der Waals surface area contributed by atoms with Gasteiger partial charge < -0.3 is 4.74 Å². The fraction of sp³-hybridized carbons (Fsp3) is 0.625. The molecule has 1 rings (SSSR count). The molecule has 0 bridgehead atoms. The van der Waals surface area contributed by atoms with E-state index in [1.165, 1.54) is 37.7 Å². The SMILES string of the molecule is Cc1ccc(OCCCCCCC(C)C)cc1. The first kappa shape index (κ1) is 14.1. The predicted molar refractivity (Wildman–Crippen MR) is 74.6 cm³/mol. The molecule has 0 amide bonds. The van der Waals surface area contributed by atoms with Crippen LogP contribution in [0.15, 0.2) is 24.3 Å². The zero-order valence-electron chi connectivity index (χ0n) is 11.5. The Balaban J connectivity index is 1.99. The van der Waals surface area contributed by atoms with Crippen LogP contribution in [0.5, 0.6) is 5.75 Å². The molecular formula is C16H26O. The van der Waals surface area contributed by atoms with Crippen LogP contribution in [-0.4, -0.2) is 6.61 Å². The van der Waals surface area contributed by atoms with Gasteiger partial charge in [0.2, 0.25) is 0 Å². The van der Waals surface area contributed by atoms with Crippen LogP contribution in [-0.2, 0) is 0 Å². The van der Waals surface area contributed by atoms with E-state index < -0.39 is 0 Å². The topological polar surface area (TPSA) is 9.23 Å². The van der Waals surface area contributed by atoms with E-state index in [0.29, 0.717) is 0 Å². The fourth-order valence-corrected chi connectivity index (χ4v) is 1.83. The lowest BCUT2D eigenvalue weighted by molar-refractivity contribution is 0.303. The van der Waals surface area contributed by atoms with Crippen molar-refractivity contribution in [1.82, 2.24) is 0 Å². The molecule has 0 aromatic heterocycles. The highest BCUT2D eigenvalue weighted by molar-refractivity contribution is 5.26. The molecule has 0 spiro atoms. The molecular weight excluding hydrogens is 208 g/mol. The summed E-state index contributed by atoms with van der Waals surface area (Å²) in [6, 6.07) is 8.29. The van der Waals surface area contributed by atoms with Gasteiger partial charge in [-0.2, -0.15) is 0 Å². The van der Waals surface area contributed by atoms with Crippen molar-refractivity contribution >= 4 is 0 Å². The molecule has 0 N–H and O–H groups in total. The van der Waals surface area contributed by atoms with E-state index in [1.807, 2.05) is 12.1 Å². The molecule has 0 fully saturated rings. The fourth-order valence-electron chi connectivity index (χ4n) is 1.83. The number of rotatable bonds is 8. The first-order chi connectivity index (χ1) is 8.18. The third-order valence-electron chi connectivity index (χ3n) is 2.97. The van der Waals surface area contributed by atoms with Gasteiger partial charge in [-0.1, -0.05) is 57.2 Å². The average Bonchev–Trinajstić information content (AvgIpc) is 2.30. The van der Waals surface area contributed by atoms with Crippen molar-refractivity contribution in [2.75, 3.05) is 6.61 Å². The van der Waals surface area contributed by atoms with E-state index in [-0.39, 0.29) is 0 Å². The molecule has 0 saturated carbocycles. The lowest BCUT2D eigenvalue weighted by atomic mass is 10.0. The van der Waals surface area contributed by atoms with Crippen LogP contribution in [0.1, 0.15) is 51.5 Å². The normalized spacial score (nSPS) is 10.8. The van der Waals surface area contributed by atoms with E-state index in [1.54, 1.807) is 0 Å². The minimum Gasteiger partial charge on any atom is -0.494 e. The molecule has 0 heterocycles. The smallest absolute Gasteiger partial charge is 0.119 e. The zero-order chi connectivity index (χ0) is 12.5. The standard InChI is InChI=1S/C16H26O/c1-14(2)8-6-4-5-7-13-17-16-11-9-15(3)10-12-16/h9-12,14H,4-8,13H2,1-3H3. The molecule has 0 aliphatic carbocycles. The Morgan fingerprint density at radius 2 is 1.59 bits per heavy atom. The summed E-state index contributed by atoms with van der Waals surface area (Å²) < 4.78 is 5.69. The maximum Gasteiger partial charge on any atom is 0.119 e. The number of unbranched alkanes of at least 4 members (excludes halogenated alkanes) is 3. The van der Waals surface area contributed by atoms with E-state index in [0.717, 1.165) is 18.3 Å². The van der Waals surface area contributed by atoms with Crippen LogP contribution < -0.4 is 4.74 Å². The lowest BCUT2D eigenvalue weighted by Crippen LogP contribution is -1.97. The highest BCUT2D eigenvalue weighted by Crippen LogP contribution is 2.13. The van der Waals surface area contributed by atoms with E-state index >= 15 is 0 Å². The van der Waals surface area contributed by atoms with Crippen molar-refractivity contribution in [2.24, 2.45) is 5.92 Å². The number of aryl methyl sites for hydroxylation is 1. The maximum atomic E-state index is 5.69. The Kier molecular flexibility index (Phi) is 6.76. The van der Waals surface area contributed by atoms with Crippen molar-refractivity contribution in [1.29, 1.82) is 0 Å². The van der Waals surface area contributed by atoms with Gasteiger partial charge in [0.15, 0.2) is 0 Å². The third-order valence-corrected chi connectivity index (χ3v) is 2.97. The molecule has 1 heteroatoms. The second kappa shape index (κ2) is 8.16. The molecule has 0 atom stereocenters. The van der Waals surface area contributed by atoms with Crippen LogP contribution in [0.4, 0.5) is 0 Å². The number of hydrogen-bond donors (Lipinski definition) is 0. The minimum atomic E-state index is 0.846. The van der Waals surface area contributed by atoms with Gasteiger partial charge >= 0.3 is 0 Å². The zero-order valence-corrected chi connectivity index (χ0v) is 11.5. The van der Waals surface area contributed by atoms with Crippen molar-refractivity contribution < 1.29 is 4.74 Å². The molecule has 0 unspecified atom stereocenters. The Morgan fingerprint density at radius 1 is 0.941 bits per heavy atom. The summed E-state index contributed by atoms with van der Waals surface area (Å²) in [5, 5.41) is 0. The number of ether oxygens (including phenoxy) is 1. The molecule has 17 heavy (non-hydrogen) atoms. The van der Waals surface area contributed by atoms with Crippen LogP contribution in [0.3, 0.4) is 0 Å². The summed E-state index contributed by atoms with van der Waals surface area (Å²) in [5.74, 6) is 1.84. The maximum absolute atomic E-state index is 5.69. The van der Waals surface area contributed by atoms with Crippen LogP contribution in [0.2, 0.25) is 0 Å². The van der Waals surface area contributed by atoms with Gasteiger partial charge in [0.1, 0.15) is 5.75 Å². The highest BCUT2D eigenvalue weighted by atomic mass is 16.5. The van der Waals surface area contributed by atoms with Gasteiger partial charge in [-0.3, -0.25) is 0 Å². The van der Waals surface area contributed by atoms with Gasteiger partial charge in [0.05, 0.1) is 6.61 Å². The quantitative estimate of drug-likeness (QED) is 0.576. The molecule has 0 radical (unpaired) electrons. The summed E-state index contributed by atoms with van der Waals surface area (Å²) in [6.07, 6.45) is 6.53. The monoisotopic (exact) mass is 234 g/mol. The Hall–Kier alpha value is -0.980. The number of benzene rings is 1. The minimum absolute atomic E-state index is 0.846. The van der Waals surface area contributed by atoms with Gasteiger partial charge in [0.25, 0.3) is 0 Å². The summed E-state index contributed by atoms with van der Waals surface area (Å²) in [5.41, 5.74) is 1.28. The third kappa shape index (κ3) is 7.04. The average molecular weight is 234 g/mol. The van der Waals surface area contributed by atoms with Crippen molar-refractivity contribution in [3.63, 3.8) is 0 Å². The molecule has 1 aromatic rings. The van der Waals surface area contributed by atoms with E-state index in [2.05, 4.69) is 32.9 Å². The summed E-state index contributed by atoms with van der Waals surface area (Å²) in [7, 11) is 0. The first-order valence-corrected chi connectivity index (χ1v) is 6.88. The highest BCUT2D eigenvalue weighted by Gasteiger charge is 1.96. The van der Waals surface area contributed by atoms with Crippen molar-refractivity contribution in [2.45, 2.75) is 52.9 Å². The Labute approximate surface area is 106 Å². The molecule has 0 aliphatic rings. The molecule has 0 saturated heterocycles. The van der Waals surface area contributed by atoms with Gasteiger partial charge in [0, 0.05) is 0 Å². The van der Waals surface area contributed by atoms with Gasteiger partial charge in [-0.25, -0.2) is 0 Å². The van der Waals surface area contributed by atoms with Crippen LogP contribution >= 0.6 is 0 Å². The van der Waals surface area contributed by atoms with Crippen molar-refractivity contribution in [3.8, 4) is 5.75 Å².